The van der Waals surface area contributed by atoms with Gasteiger partial charge >= 0.3 is 6.03 Å². The number of urea groups is 1. The summed E-state index contributed by atoms with van der Waals surface area (Å²) in [6, 6.07) is 3.36. The van der Waals surface area contributed by atoms with Gasteiger partial charge in [-0.15, -0.1) is 10.2 Å². The van der Waals surface area contributed by atoms with Gasteiger partial charge in [-0.05, 0) is 6.92 Å². The van der Waals surface area contributed by atoms with Crippen molar-refractivity contribution in [1.82, 2.24) is 20.4 Å². The molecule has 0 aromatic carbocycles. The maximum Gasteiger partial charge on any atom is 0.317 e. The third-order valence-electron chi connectivity index (χ3n) is 2.87. The summed E-state index contributed by atoms with van der Waals surface area (Å²) in [7, 11) is 1.53. The van der Waals surface area contributed by atoms with Gasteiger partial charge in [0, 0.05) is 31.6 Å². The first-order valence-electron chi connectivity index (χ1n) is 6.30. The minimum atomic E-state index is -0.0468. The summed E-state index contributed by atoms with van der Waals surface area (Å²) in [5.41, 5.74) is 0. The fourth-order valence-electron chi connectivity index (χ4n) is 1.92. The van der Waals surface area contributed by atoms with Crippen LogP contribution < -0.4 is 14.8 Å². The Bertz CT molecular complexity index is 423. The SMILES string of the molecule is CCNC(=O)N1CCC(Oc2ccc(OC)nn2)C1. The van der Waals surface area contributed by atoms with E-state index in [9.17, 15) is 4.79 Å². The molecule has 1 aromatic heterocycles. The van der Waals surface area contributed by atoms with Crippen LogP contribution in [0.15, 0.2) is 12.1 Å². The molecule has 0 radical (unpaired) electrons. The summed E-state index contributed by atoms with van der Waals surface area (Å²) in [6.45, 7) is 3.79. The van der Waals surface area contributed by atoms with Crippen LogP contribution in [0.4, 0.5) is 4.79 Å². The number of hydrogen-bond donors (Lipinski definition) is 1. The molecule has 7 heteroatoms. The second-order valence-electron chi connectivity index (χ2n) is 4.22. The molecule has 0 bridgehead atoms. The Morgan fingerprint density at radius 1 is 1.47 bits per heavy atom. The molecule has 2 rings (SSSR count). The number of aromatic nitrogens is 2. The number of amides is 2. The zero-order chi connectivity index (χ0) is 13.7. The number of rotatable bonds is 4. The van der Waals surface area contributed by atoms with Crippen LogP contribution >= 0.6 is 0 Å². The fourth-order valence-corrected chi connectivity index (χ4v) is 1.92. The molecule has 1 N–H and O–H groups in total. The molecule has 7 nitrogen and oxygen atoms in total. The molecule has 1 atom stereocenters. The standard InChI is InChI=1S/C12H18N4O3/c1-3-13-12(17)16-7-6-9(8-16)19-11-5-4-10(18-2)14-15-11/h4-5,9H,3,6-8H2,1-2H3,(H,13,17). The summed E-state index contributed by atoms with van der Waals surface area (Å²) in [5.74, 6) is 0.895. The van der Waals surface area contributed by atoms with E-state index in [0.29, 0.717) is 31.4 Å². The zero-order valence-electron chi connectivity index (χ0n) is 11.1. The molecule has 1 aliphatic rings. The van der Waals surface area contributed by atoms with Crippen molar-refractivity contribution < 1.29 is 14.3 Å². The molecule has 2 heterocycles. The minimum absolute atomic E-state index is 0.0368. The summed E-state index contributed by atoms with van der Waals surface area (Å²) in [6.07, 6.45) is 0.760. The van der Waals surface area contributed by atoms with Crippen molar-refractivity contribution in [1.29, 1.82) is 0 Å². The highest BCUT2D eigenvalue weighted by atomic mass is 16.5. The zero-order valence-corrected chi connectivity index (χ0v) is 11.1. The second kappa shape index (κ2) is 6.21. The van der Waals surface area contributed by atoms with Crippen LogP contribution in [0.2, 0.25) is 0 Å². The Labute approximate surface area is 111 Å². The number of ether oxygens (including phenoxy) is 2. The van der Waals surface area contributed by atoms with Gasteiger partial charge < -0.3 is 19.7 Å². The molecule has 1 aliphatic heterocycles. The van der Waals surface area contributed by atoms with Crippen LogP contribution in [0, 0.1) is 0 Å². The van der Waals surface area contributed by atoms with Gasteiger partial charge in [0.2, 0.25) is 11.8 Å². The molecule has 1 fully saturated rings. The van der Waals surface area contributed by atoms with Crippen molar-refractivity contribution in [3.63, 3.8) is 0 Å². The maximum absolute atomic E-state index is 11.6. The molecule has 1 aromatic rings. The lowest BCUT2D eigenvalue weighted by molar-refractivity contribution is 0.182. The number of hydrogen-bond acceptors (Lipinski definition) is 5. The molecular formula is C12H18N4O3. The van der Waals surface area contributed by atoms with Crippen LogP contribution in [0.3, 0.4) is 0 Å². The molecule has 1 unspecified atom stereocenters. The summed E-state index contributed by atoms with van der Waals surface area (Å²) in [5, 5.41) is 10.5. The predicted octanol–water partition coefficient (Wildman–Crippen LogP) is 0.668. The van der Waals surface area contributed by atoms with Gasteiger partial charge in [-0.2, -0.15) is 0 Å². The van der Waals surface area contributed by atoms with E-state index in [-0.39, 0.29) is 12.1 Å². The van der Waals surface area contributed by atoms with Crippen molar-refractivity contribution in [2.24, 2.45) is 0 Å². The quantitative estimate of drug-likeness (QED) is 0.866. The van der Waals surface area contributed by atoms with E-state index < -0.39 is 0 Å². The molecule has 104 valence electrons. The van der Waals surface area contributed by atoms with Crippen LogP contribution in [-0.2, 0) is 0 Å². The van der Waals surface area contributed by atoms with Crippen molar-refractivity contribution in [2.75, 3.05) is 26.7 Å². The molecule has 0 saturated carbocycles. The Balaban J connectivity index is 1.85. The third-order valence-corrected chi connectivity index (χ3v) is 2.87. The number of carbonyl (C=O) groups excluding carboxylic acids is 1. The third kappa shape index (κ3) is 3.46. The van der Waals surface area contributed by atoms with Gasteiger partial charge in [0.1, 0.15) is 6.10 Å². The topological polar surface area (TPSA) is 76.6 Å². The van der Waals surface area contributed by atoms with Gasteiger partial charge in [-0.25, -0.2) is 4.79 Å². The molecule has 19 heavy (non-hydrogen) atoms. The first-order chi connectivity index (χ1) is 9.22. The van der Waals surface area contributed by atoms with E-state index >= 15 is 0 Å². The van der Waals surface area contributed by atoms with Gasteiger partial charge in [0.15, 0.2) is 0 Å². The van der Waals surface area contributed by atoms with Crippen molar-refractivity contribution in [3.05, 3.63) is 12.1 Å². The lowest BCUT2D eigenvalue weighted by atomic mass is 10.3. The minimum Gasteiger partial charge on any atom is -0.480 e. The molecule has 1 saturated heterocycles. The molecule has 0 spiro atoms. The molecular weight excluding hydrogens is 248 g/mol. The van der Waals surface area contributed by atoms with Gasteiger partial charge in [0.25, 0.3) is 0 Å². The van der Waals surface area contributed by atoms with Crippen molar-refractivity contribution in [2.45, 2.75) is 19.4 Å². The van der Waals surface area contributed by atoms with Crippen molar-refractivity contribution in [3.8, 4) is 11.8 Å². The Hall–Kier alpha value is -2.05. The first kappa shape index (κ1) is 13.4. The normalized spacial score (nSPS) is 18.2. The lowest BCUT2D eigenvalue weighted by Gasteiger charge is -2.16. The monoisotopic (exact) mass is 266 g/mol. The van der Waals surface area contributed by atoms with Crippen molar-refractivity contribution >= 4 is 6.03 Å². The predicted molar refractivity (Wildman–Crippen MR) is 68.3 cm³/mol. The number of carbonyl (C=O) groups is 1. The van der Waals surface area contributed by atoms with Gasteiger partial charge in [0.05, 0.1) is 13.7 Å². The largest absolute Gasteiger partial charge is 0.480 e. The van der Waals surface area contributed by atoms with E-state index in [0.717, 1.165) is 6.42 Å². The second-order valence-corrected chi connectivity index (χ2v) is 4.22. The van der Waals surface area contributed by atoms with Gasteiger partial charge in [-0.3, -0.25) is 0 Å². The summed E-state index contributed by atoms with van der Waals surface area (Å²) < 4.78 is 10.6. The summed E-state index contributed by atoms with van der Waals surface area (Å²) in [4.78, 5) is 13.4. The van der Waals surface area contributed by atoms with Crippen LogP contribution in [0.25, 0.3) is 0 Å². The maximum atomic E-state index is 11.6. The Morgan fingerprint density at radius 3 is 2.84 bits per heavy atom. The van der Waals surface area contributed by atoms with E-state index in [1.54, 1.807) is 17.0 Å². The highest BCUT2D eigenvalue weighted by Crippen LogP contribution is 2.17. The smallest absolute Gasteiger partial charge is 0.317 e. The van der Waals surface area contributed by atoms with E-state index in [1.165, 1.54) is 7.11 Å². The lowest BCUT2D eigenvalue weighted by Crippen LogP contribution is -2.39. The van der Waals surface area contributed by atoms with E-state index in [2.05, 4.69) is 15.5 Å². The average molecular weight is 266 g/mol. The van der Waals surface area contributed by atoms with E-state index in [4.69, 9.17) is 9.47 Å². The number of likely N-dealkylation sites (tertiary alicyclic amines) is 1. The highest BCUT2D eigenvalue weighted by Gasteiger charge is 2.27. The number of nitrogens with one attached hydrogen (secondary N) is 1. The average Bonchev–Trinajstić information content (AvgIpc) is 2.88. The molecule has 2 amide bonds. The summed E-state index contributed by atoms with van der Waals surface area (Å²) >= 11 is 0. The Kier molecular flexibility index (Phi) is 4.38. The highest BCUT2D eigenvalue weighted by molar-refractivity contribution is 5.74. The van der Waals surface area contributed by atoms with Gasteiger partial charge in [-0.1, -0.05) is 0 Å². The molecule has 0 aliphatic carbocycles. The van der Waals surface area contributed by atoms with Crippen LogP contribution in [0.5, 0.6) is 11.8 Å². The fraction of sp³-hybridized carbons (Fsp3) is 0.583. The Morgan fingerprint density at radius 2 is 2.21 bits per heavy atom. The number of nitrogens with zero attached hydrogens (tertiary/aromatic N) is 3. The van der Waals surface area contributed by atoms with E-state index in [1.807, 2.05) is 6.92 Å². The van der Waals surface area contributed by atoms with Crippen LogP contribution in [-0.4, -0.2) is 54.0 Å². The first-order valence-corrected chi connectivity index (χ1v) is 6.30. The number of methoxy groups -OCH3 is 1. The van der Waals surface area contributed by atoms with Crippen LogP contribution in [0.1, 0.15) is 13.3 Å².